The van der Waals surface area contributed by atoms with Crippen LogP contribution in [0.3, 0.4) is 0 Å². The average molecular weight is 532 g/mol. The van der Waals surface area contributed by atoms with Crippen LogP contribution < -0.4 is 5.32 Å². The standard InChI is InChI=1S/C28H44F3NO5/c1-15(4-7-23(35)32-22(14-24(36)37)28(29,30)31)18-5-6-19-25-20(9-11-27(18,19)3)26(2)10-8-17(33)12-16(26)13-21(25)34/h15-22,25,33-34H,4-14H2,1-3H3,(H,32,35)(H,36,37)/t15-,16+,17-,18-,19+,20+,21+,22?,25+,26+,27-/m1/s1. The molecule has 0 aromatic carbocycles. The van der Waals surface area contributed by atoms with Gasteiger partial charge in [0.15, 0.2) is 0 Å². The minimum absolute atomic E-state index is 0.0211. The number of hydrogen-bond acceptors (Lipinski definition) is 4. The fourth-order valence-corrected chi connectivity index (χ4v) is 9.43. The van der Waals surface area contributed by atoms with Crippen molar-refractivity contribution in [2.75, 3.05) is 0 Å². The summed E-state index contributed by atoms with van der Waals surface area (Å²) >= 11 is 0. The Hall–Kier alpha value is -1.35. The molecule has 9 heteroatoms. The van der Waals surface area contributed by atoms with Crippen LogP contribution in [0.25, 0.3) is 0 Å². The van der Waals surface area contributed by atoms with Crippen molar-refractivity contribution < 1.29 is 38.1 Å². The Morgan fingerprint density at radius 3 is 2.30 bits per heavy atom. The van der Waals surface area contributed by atoms with E-state index in [4.69, 9.17) is 5.11 Å². The fourth-order valence-electron chi connectivity index (χ4n) is 9.43. The smallest absolute Gasteiger partial charge is 0.409 e. The van der Waals surface area contributed by atoms with Crippen LogP contribution in [0.4, 0.5) is 13.2 Å². The summed E-state index contributed by atoms with van der Waals surface area (Å²) < 4.78 is 39.4. The van der Waals surface area contributed by atoms with E-state index in [9.17, 15) is 33.0 Å². The maximum absolute atomic E-state index is 13.1. The Balaban J connectivity index is 1.40. The first-order valence-corrected chi connectivity index (χ1v) is 14.1. The number of carbonyl (C=O) groups excluding carboxylic acids is 1. The molecule has 37 heavy (non-hydrogen) atoms. The zero-order chi connectivity index (χ0) is 27.3. The molecule has 4 aliphatic carbocycles. The second kappa shape index (κ2) is 10.3. The van der Waals surface area contributed by atoms with Gasteiger partial charge in [0, 0.05) is 6.42 Å². The lowest BCUT2D eigenvalue weighted by molar-refractivity contribution is -0.174. The third kappa shape index (κ3) is 5.41. The normalized spacial score (nSPS) is 43.2. The first kappa shape index (κ1) is 28.7. The van der Waals surface area contributed by atoms with Crippen molar-refractivity contribution in [3.8, 4) is 0 Å². The van der Waals surface area contributed by atoms with E-state index in [1.165, 1.54) is 0 Å². The summed E-state index contributed by atoms with van der Waals surface area (Å²) in [7, 11) is 0. The van der Waals surface area contributed by atoms with Crippen molar-refractivity contribution in [3.63, 3.8) is 0 Å². The molecule has 4 aliphatic rings. The van der Waals surface area contributed by atoms with Gasteiger partial charge in [-0.3, -0.25) is 9.59 Å². The van der Waals surface area contributed by atoms with Gasteiger partial charge in [0.05, 0.1) is 18.6 Å². The monoisotopic (exact) mass is 531 g/mol. The van der Waals surface area contributed by atoms with Crippen LogP contribution in [0.15, 0.2) is 0 Å². The zero-order valence-corrected chi connectivity index (χ0v) is 22.3. The van der Waals surface area contributed by atoms with Gasteiger partial charge in [0.2, 0.25) is 5.91 Å². The highest BCUT2D eigenvalue weighted by Gasteiger charge is 2.62. The minimum atomic E-state index is -4.81. The number of rotatable bonds is 7. The van der Waals surface area contributed by atoms with E-state index in [0.717, 1.165) is 51.4 Å². The summed E-state index contributed by atoms with van der Waals surface area (Å²) in [5.41, 5.74) is 0.171. The lowest BCUT2D eigenvalue weighted by Crippen LogP contribution is -2.58. The van der Waals surface area contributed by atoms with Crippen molar-refractivity contribution in [1.29, 1.82) is 0 Å². The second-order valence-corrected chi connectivity index (χ2v) is 13.2. The van der Waals surface area contributed by atoms with Gasteiger partial charge < -0.3 is 20.6 Å². The van der Waals surface area contributed by atoms with Gasteiger partial charge in [-0.1, -0.05) is 20.8 Å². The number of aliphatic hydroxyl groups excluding tert-OH is 2. The Bertz CT molecular complexity index is 867. The van der Waals surface area contributed by atoms with Gasteiger partial charge in [-0.15, -0.1) is 0 Å². The quantitative estimate of drug-likeness (QED) is 0.373. The summed E-state index contributed by atoms with van der Waals surface area (Å²) in [6.45, 7) is 6.77. The first-order chi connectivity index (χ1) is 17.2. The number of aliphatic carboxylic acids is 1. The summed E-state index contributed by atoms with van der Waals surface area (Å²) in [6, 6.07) is -2.38. The number of alkyl halides is 3. The third-order valence-electron chi connectivity index (χ3n) is 11.4. The highest BCUT2D eigenvalue weighted by Crippen LogP contribution is 2.68. The molecule has 0 radical (unpaired) electrons. The first-order valence-electron chi connectivity index (χ1n) is 14.1. The number of fused-ring (bicyclic) bond motifs is 5. The fraction of sp³-hybridized carbons (Fsp3) is 0.929. The molecule has 0 bridgehead atoms. The van der Waals surface area contributed by atoms with Gasteiger partial charge in [-0.05, 0) is 104 Å². The van der Waals surface area contributed by atoms with Crippen molar-refractivity contribution in [2.24, 2.45) is 46.3 Å². The molecule has 0 aromatic heterocycles. The Morgan fingerprint density at radius 2 is 1.65 bits per heavy atom. The van der Waals surface area contributed by atoms with Crippen molar-refractivity contribution in [2.45, 2.75) is 116 Å². The second-order valence-electron chi connectivity index (χ2n) is 13.2. The predicted octanol–water partition coefficient (Wildman–Crippen LogP) is 4.92. The molecule has 11 atom stereocenters. The van der Waals surface area contributed by atoms with Crippen LogP contribution in [0, 0.1) is 46.3 Å². The molecule has 6 nitrogen and oxygen atoms in total. The summed E-state index contributed by atoms with van der Waals surface area (Å²) in [5.74, 6) is -0.486. The van der Waals surface area contributed by atoms with Gasteiger partial charge in [-0.2, -0.15) is 13.2 Å². The number of carboxylic acids is 1. The van der Waals surface area contributed by atoms with Gasteiger partial charge >= 0.3 is 12.1 Å². The maximum atomic E-state index is 13.1. The van der Waals surface area contributed by atoms with Crippen LogP contribution in [0.1, 0.15) is 91.4 Å². The molecular weight excluding hydrogens is 487 g/mol. The molecule has 0 heterocycles. The molecular formula is C28H44F3NO5. The molecule has 4 fully saturated rings. The Morgan fingerprint density at radius 1 is 1.00 bits per heavy atom. The van der Waals surface area contributed by atoms with E-state index in [1.54, 1.807) is 0 Å². The molecule has 1 amide bonds. The van der Waals surface area contributed by atoms with Crippen LogP contribution in [0.5, 0.6) is 0 Å². The van der Waals surface area contributed by atoms with Gasteiger partial charge in [0.25, 0.3) is 0 Å². The highest BCUT2D eigenvalue weighted by atomic mass is 19.4. The molecule has 4 rings (SSSR count). The summed E-state index contributed by atoms with van der Waals surface area (Å²) in [4.78, 5) is 23.1. The number of halogens is 3. The summed E-state index contributed by atoms with van der Waals surface area (Å²) in [5, 5.41) is 32.3. The lowest BCUT2D eigenvalue weighted by Gasteiger charge is -2.62. The minimum Gasteiger partial charge on any atom is -0.481 e. The highest BCUT2D eigenvalue weighted by molar-refractivity contribution is 5.77. The van der Waals surface area contributed by atoms with Crippen LogP contribution >= 0.6 is 0 Å². The van der Waals surface area contributed by atoms with Crippen molar-refractivity contribution >= 4 is 11.9 Å². The van der Waals surface area contributed by atoms with Gasteiger partial charge in [0.1, 0.15) is 6.04 Å². The number of hydrogen-bond donors (Lipinski definition) is 4. The number of carbonyl (C=O) groups is 2. The van der Waals surface area contributed by atoms with Crippen LogP contribution in [-0.4, -0.2) is 51.6 Å². The molecule has 1 unspecified atom stereocenters. The van der Waals surface area contributed by atoms with E-state index in [0.29, 0.717) is 30.1 Å². The SMILES string of the molecule is C[C@H](CCC(=O)NC(CC(=O)O)C(F)(F)F)[C@H]1CC[C@H]2[C@@H]3[C@@H](O)C[C@@H]4C[C@H](O)CC[C@]4(C)[C@H]3CC[C@]12C. The number of nitrogens with one attached hydrogen (secondary N) is 1. The van der Waals surface area contributed by atoms with E-state index >= 15 is 0 Å². The zero-order valence-electron chi connectivity index (χ0n) is 22.3. The molecule has 0 spiro atoms. The van der Waals surface area contributed by atoms with E-state index < -0.39 is 30.5 Å². The lowest BCUT2D eigenvalue weighted by atomic mass is 9.43. The van der Waals surface area contributed by atoms with Crippen molar-refractivity contribution in [3.05, 3.63) is 0 Å². The molecule has 4 saturated carbocycles. The van der Waals surface area contributed by atoms with E-state index in [1.807, 2.05) is 5.32 Å². The summed E-state index contributed by atoms with van der Waals surface area (Å²) in [6.07, 6.45) is 1.23. The van der Waals surface area contributed by atoms with E-state index in [2.05, 4.69) is 20.8 Å². The number of aliphatic hydroxyl groups is 2. The number of carboxylic acid groups (broad SMARTS) is 1. The van der Waals surface area contributed by atoms with Crippen LogP contribution in [-0.2, 0) is 9.59 Å². The molecule has 0 aromatic rings. The number of amides is 1. The molecule has 4 N–H and O–H groups in total. The topological polar surface area (TPSA) is 107 Å². The van der Waals surface area contributed by atoms with Gasteiger partial charge in [-0.25, -0.2) is 0 Å². The predicted molar refractivity (Wildman–Crippen MR) is 131 cm³/mol. The van der Waals surface area contributed by atoms with Crippen LogP contribution in [0.2, 0.25) is 0 Å². The van der Waals surface area contributed by atoms with E-state index in [-0.39, 0.29) is 41.3 Å². The largest absolute Gasteiger partial charge is 0.481 e. The van der Waals surface area contributed by atoms with Crippen molar-refractivity contribution in [1.82, 2.24) is 5.32 Å². The molecule has 212 valence electrons. The Kier molecular flexibility index (Phi) is 7.99. The average Bonchev–Trinajstić information content (AvgIpc) is 3.14. The molecule has 0 aliphatic heterocycles. The Labute approximate surface area is 217 Å². The third-order valence-corrected chi connectivity index (χ3v) is 11.4. The molecule has 0 saturated heterocycles. The maximum Gasteiger partial charge on any atom is 0.409 e.